The number of benzene rings is 1. The van der Waals surface area contributed by atoms with Gasteiger partial charge in [-0.15, -0.1) is 0 Å². The van der Waals surface area contributed by atoms with Crippen LogP contribution in [-0.4, -0.2) is 0 Å². The predicted octanol–water partition coefficient (Wildman–Crippen LogP) is 4.87. The third kappa shape index (κ3) is 1.94. The van der Waals surface area contributed by atoms with Gasteiger partial charge in [-0.1, -0.05) is 44.1 Å². The fourth-order valence-corrected chi connectivity index (χ4v) is 3.44. The van der Waals surface area contributed by atoms with Gasteiger partial charge < -0.3 is 0 Å². The molecule has 1 aromatic carbocycles. The summed E-state index contributed by atoms with van der Waals surface area (Å²) in [6.45, 7) is 2.29. The summed E-state index contributed by atoms with van der Waals surface area (Å²) in [7, 11) is 0. The van der Waals surface area contributed by atoms with Gasteiger partial charge in [0.05, 0.1) is 0 Å². The molecule has 1 unspecified atom stereocenters. The molecule has 17 heavy (non-hydrogen) atoms. The minimum atomic E-state index is 0.720. The number of unbranched alkanes of at least 4 members (excludes halogenated alkanes) is 1. The first-order valence-electron chi connectivity index (χ1n) is 7.23. The van der Waals surface area contributed by atoms with Crippen molar-refractivity contribution in [1.29, 1.82) is 0 Å². The van der Waals surface area contributed by atoms with Crippen molar-refractivity contribution in [3.63, 3.8) is 0 Å². The Morgan fingerprint density at radius 2 is 2.06 bits per heavy atom. The minimum absolute atomic E-state index is 0.720. The molecular formula is C17H22. The van der Waals surface area contributed by atoms with E-state index in [1.807, 2.05) is 0 Å². The lowest BCUT2D eigenvalue weighted by Crippen LogP contribution is -2.08. The summed E-state index contributed by atoms with van der Waals surface area (Å²) in [6.07, 6.45) is 14.2. The van der Waals surface area contributed by atoms with E-state index in [2.05, 4.69) is 31.2 Å². The molecule has 0 heteroatoms. The summed E-state index contributed by atoms with van der Waals surface area (Å²) in [6, 6.07) is 4.72. The van der Waals surface area contributed by atoms with Crippen LogP contribution < -0.4 is 0 Å². The lowest BCUT2D eigenvalue weighted by atomic mass is 9.82. The van der Waals surface area contributed by atoms with E-state index in [0.29, 0.717) is 0 Å². The molecule has 0 spiro atoms. The first-order chi connectivity index (χ1) is 8.40. The Morgan fingerprint density at radius 1 is 1.18 bits per heavy atom. The smallest absolute Gasteiger partial charge is 0.00300 e. The van der Waals surface area contributed by atoms with Crippen molar-refractivity contribution in [2.24, 2.45) is 0 Å². The molecule has 2 aliphatic rings. The summed E-state index contributed by atoms with van der Waals surface area (Å²) in [4.78, 5) is 0. The van der Waals surface area contributed by atoms with Crippen molar-refractivity contribution in [2.75, 3.05) is 0 Å². The van der Waals surface area contributed by atoms with E-state index in [-0.39, 0.29) is 0 Å². The quantitative estimate of drug-likeness (QED) is 0.690. The zero-order valence-electron chi connectivity index (χ0n) is 10.8. The molecule has 0 amide bonds. The molecule has 0 bridgehead atoms. The number of hydrogen-bond donors (Lipinski definition) is 0. The Labute approximate surface area is 105 Å². The van der Waals surface area contributed by atoms with Crippen molar-refractivity contribution in [3.05, 3.63) is 40.5 Å². The Morgan fingerprint density at radius 3 is 2.94 bits per heavy atom. The molecule has 0 saturated carbocycles. The molecule has 0 fully saturated rings. The van der Waals surface area contributed by atoms with Crippen LogP contribution in [0.5, 0.6) is 0 Å². The first kappa shape index (κ1) is 11.1. The Hall–Kier alpha value is -1.04. The number of fused-ring (bicyclic) bond motifs is 3. The normalized spacial score (nSPS) is 21.4. The van der Waals surface area contributed by atoms with Crippen molar-refractivity contribution in [3.8, 4) is 0 Å². The van der Waals surface area contributed by atoms with Gasteiger partial charge in [-0.3, -0.25) is 0 Å². The van der Waals surface area contributed by atoms with Gasteiger partial charge in [0.2, 0.25) is 0 Å². The largest absolute Gasteiger partial charge is 0.0764 e. The number of hydrogen-bond acceptors (Lipinski definition) is 0. The summed E-state index contributed by atoms with van der Waals surface area (Å²) in [5.74, 6) is 0.720. The Balaban J connectivity index is 1.96. The van der Waals surface area contributed by atoms with Gasteiger partial charge >= 0.3 is 0 Å². The second-order valence-corrected chi connectivity index (χ2v) is 5.52. The van der Waals surface area contributed by atoms with Gasteiger partial charge in [0.15, 0.2) is 0 Å². The number of rotatable bonds is 3. The van der Waals surface area contributed by atoms with E-state index in [0.717, 1.165) is 5.92 Å². The summed E-state index contributed by atoms with van der Waals surface area (Å²) in [5.41, 5.74) is 6.54. The van der Waals surface area contributed by atoms with Gasteiger partial charge in [-0.25, -0.2) is 0 Å². The van der Waals surface area contributed by atoms with Crippen LogP contribution in [0.2, 0.25) is 0 Å². The lowest BCUT2D eigenvalue weighted by molar-refractivity contribution is 0.641. The van der Waals surface area contributed by atoms with Gasteiger partial charge in [-0.05, 0) is 54.4 Å². The van der Waals surface area contributed by atoms with E-state index in [1.54, 1.807) is 16.7 Å². The monoisotopic (exact) mass is 226 g/mol. The standard InChI is InChI=1S/C17H22/c1-2-3-6-14-11-12-15-10-9-13-7-4-5-8-16(13)17(14)15/h9-12,14H,2-8H2,1H3. The number of aryl methyl sites for hydroxylation is 1. The molecular weight excluding hydrogens is 204 g/mol. The molecule has 0 nitrogen and oxygen atoms in total. The summed E-state index contributed by atoms with van der Waals surface area (Å²) in [5, 5.41) is 0. The van der Waals surface area contributed by atoms with Crippen LogP contribution in [0.25, 0.3) is 6.08 Å². The summed E-state index contributed by atoms with van der Waals surface area (Å²) >= 11 is 0. The predicted molar refractivity (Wildman–Crippen MR) is 74.4 cm³/mol. The highest BCUT2D eigenvalue weighted by molar-refractivity contribution is 5.66. The zero-order valence-corrected chi connectivity index (χ0v) is 10.8. The highest BCUT2D eigenvalue weighted by atomic mass is 14.3. The molecule has 0 saturated heterocycles. The fourth-order valence-electron chi connectivity index (χ4n) is 3.44. The second kappa shape index (κ2) is 4.68. The van der Waals surface area contributed by atoms with Crippen molar-refractivity contribution in [2.45, 2.75) is 57.8 Å². The average Bonchev–Trinajstić information content (AvgIpc) is 2.80. The van der Waals surface area contributed by atoms with Gasteiger partial charge in [0.1, 0.15) is 0 Å². The van der Waals surface area contributed by atoms with Crippen LogP contribution in [-0.2, 0) is 12.8 Å². The van der Waals surface area contributed by atoms with E-state index in [9.17, 15) is 0 Å². The molecule has 0 radical (unpaired) electrons. The topological polar surface area (TPSA) is 0 Å². The molecule has 1 atom stereocenters. The second-order valence-electron chi connectivity index (χ2n) is 5.52. The third-order valence-corrected chi connectivity index (χ3v) is 4.36. The van der Waals surface area contributed by atoms with E-state index in [4.69, 9.17) is 0 Å². The van der Waals surface area contributed by atoms with Crippen LogP contribution in [0.4, 0.5) is 0 Å². The maximum Gasteiger partial charge on any atom is 0.00300 e. The van der Waals surface area contributed by atoms with Crippen LogP contribution in [0.15, 0.2) is 18.2 Å². The third-order valence-electron chi connectivity index (χ3n) is 4.36. The van der Waals surface area contributed by atoms with Crippen molar-refractivity contribution in [1.82, 2.24) is 0 Å². The Bertz CT molecular complexity index is 440. The van der Waals surface area contributed by atoms with E-state index in [1.165, 1.54) is 50.5 Å². The van der Waals surface area contributed by atoms with E-state index >= 15 is 0 Å². The minimum Gasteiger partial charge on any atom is -0.0764 e. The molecule has 1 aromatic rings. The first-order valence-corrected chi connectivity index (χ1v) is 7.23. The summed E-state index contributed by atoms with van der Waals surface area (Å²) < 4.78 is 0. The van der Waals surface area contributed by atoms with Gasteiger partial charge in [0.25, 0.3) is 0 Å². The SMILES string of the molecule is CCCCC1C=Cc2ccc3c(c21)CCCC3. The van der Waals surface area contributed by atoms with Crippen LogP contribution in [0, 0.1) is 0 Å². The molecule has 90 valence electrons. The van der Waals surface area contributed by atoms with Crippen LogP contribution >= 0.6 is 0 Å². The molecule has 0 aromatic heterocycles. The van der Waals surface area contributed by atoms with Crippen molar-refractivity contribution < 1.29 is 0 Å². The maximum absolute atomic E-state index is 2.44. The Kier molecular flexibility index (Phi) is 3.05. The molecule has 3 rings (SSSR count). The van der Waals surface area contributed by atoms with Gasteiger partial charge in [-0.2, -0.15) is 0 Å². The highest BCUT2D eigenvalue weighted by Gasteiger charge is 2.23. The average molecular weight is 226 g/mol. The molecule has 2 aliphatic carbocycles. The number of allylic oxidation sites excluding steroid dienone is 1. The molecule has 0 heterocycles. The molecule has 0 N–H and O–H groups in total. The highest BCUT2D eigenvalue weighted by Crippen LogP contribution is 2.39. The van der Waals surface area contributed by atoms with E-state index < -0.39 is 0 Å². The zero-order chi connectivity index (χ0) is 11.7. The molecule has 0 aliphatic heterocycles. The lowest BCUT2D eigenvalue weighted by Gasteiger charge is -2.22. The van der Waals surface area contributed by atoms with Crippen LogP contribution in [0.1, 0.15) is 67.2 Å². The van der Waals surface area contributed by atoms with Crippen LogP contribution in [0.3, 0.4) is 0 Å². The maximum atomic E-state index is 2.44. The van der Waals surface area contributed by atoms with Crippen molar-refractivity contribution >= 4 is 6.08 Å². The van der Waals surface area contributed by atoms with Gasteiger partial charge in [0, 0.05) is 5.92 Å². The fraction of sp³-hybridized carbons (Fsp3) is 0.529.